The van der Waals surface area contributed by atoms with Gasteiger partial charge in [-0.2, -0.15) is 0 Å². The molecule has 54 valence electrons. The van der Waals surface area contributed by atoms with Gasteiger partial charge in [-0.15, -0.1) is 0 Å². The highest BCUT2D eigenvalue weighted by molar-refractivity contribution is 9.11. The molecule has 0 aromatic heterocycles. The lowest BCUT2D eigenvalue weighted by Gasteiger charge is -1.99. The van der Waals surface area contributed by atoms with Gasteiger partial charge in [0.1, 0.15) is 5.75 Å². The second-order valence-corrected chi connectivity index (χ2v) is 4.32. The van der Waals surface area contributed by atoms with E-state index in [9.17, 15) is 0 Å². The van der Waals surface area contributed by atoms with Crippen LogP contribution in [-0.2, 0) is 0 Å². The number of aromatic hydroxyl groups is 1. The van der Waals surface area contributed by atoms with Gasteiger partial charge in [-0.1, -0.05) is 15.9 Å². The van der Waals surface area contributed by atoms with Gasteiger partial charge in [-0.25, -0.2) is 0 Å². The van der Waals surface area contributed by atoms with Crippen LogP contribution in [0, 0.1) is 0 Å². The van der Waals surface area contributed by atoms with Crippen molar-refractivity contribution in [3.8, 4) is 5.75 Å². The zero-order valence-corrected chi connectivity index (χ0v) is 9.45. The zero-order valence-electron chi connectivity index (χ0n) is 5.70. The van der Waals surface area contributed by atoms with E-state index in [0.29, 0.717) is 5.75 Å². The molecule has 10 heavy (non-hydrogen) atoms. The highest BCUT2D eigenvalue weighted by atomic mass is 79.9. The van der Waals surface area contributed by atoms with E-state index in [0.717, 1.165) is 13.4 Å². The van der Waals surface area contributed by atoms with Crippen molar-refractivity contribution in [3.05, 3.63) is 25.6 Å². The van der Waals surface area contributed by atoms with Crippen LogP contribution in [0.5, 0.6) is 5.75 Å². The summed E-state index contributed by atoms with van der Waals surface area (Å²) in [5.74, 6) is 0.480. The number of halogens is 3. The molecule has 0 saturated carbocycles. The molecule has 0 atom stereocenters. The summed E-state index contributed by atoms with van der Waals surface area (Å²) in [4.78, 5) is 0. The maximum Gasteiger partial charge on any atom is 0.293 e. The summed E-state index contributed by atoms with van der Waals surface area (Å²) in [5.41, 5.74) is 0. The van der Waals surface area contributed by atoms with Crippen molar-refractivity contribution in [2.75, 3.05) is 0 Å². The van der Waals surface area contributed by atoms with E-state index < -0.39 is 0 Å². The molecule has 0 saturated heterocycles. The summed E-state index contributed by atoms with van der Waals surface area (Å²) in [6.07, 6.45) is 0. The zero-order chi connectivity index (χ0) is 8.43. The largest absolute Gasteiger partial charge is 0.506 e. The van der Waals surface area contributed by atoms with Gasteiger partial charge in [0.05, 0.1) is 8.95 Å². The third-order valence-electron chi connectivity index (χ3n) is 0.963. The predicted octanol–water partition coefficient (Wildman–Crippen LogP) is 3.68. The number of phenols is 1. The van der Waals surface area contributed by atoms with Gasteiger partial charge in [0.2, 0.25) is 0 Å². The van der Waals surface area contributed by atoms with Crippen LogP contribution in [0.2, 0.25) is 0 Å². The Morgan fingerprint density at radius 1 is 1.20 bits per heavy atom. The van der Waals surface area contributed by atoms with Gasteiger partial charge < -0.3 is 5.11 Å². The maximum absolute atomic E-state index is 6.72. The fraction of sp³-hybridized carbons (Fsp3) is 0. The number of hydrogen-bond donors (Lipinski definition) is 1. The highest BCUT2D eigenvalue weighted by Gasteiger charge is 2.02. The lowest BCUT2D eigenvalue weighted by Crippen LogP contribution is -1.71. The molecule has 0 bridgehead atoms. The molecule has 0 radical (unpaired) electrons. The van der Waals surface area contributed by atoms with Gasteiger partial charge >= 0.3 is 0 Å². The number of phenolic OH excluding ortho intramolecular Hbond substituents is 1. The topological polar surface area (TPSA) is 20.2 Å². The molecule has 0 amide bonds. The van der Waals surface area contributed by atoms with Gasteiger partial charge in [0.25, 0.3) is 1.43 Å². The molecule has 1 N–H and O–H groups in total. The third kappa shape index (κ3) is 1.74. The van der Waals surface area contributed by atoms with Crippen molar-refractivity contribution in [1.29, 1.82) is 1.43 Å². The van der Waals surface area contributed by atoms with E-state index in [-0.39, 0.29) is 0 Å². The Morgan fingerprint density at radius 3 is 2.10 bits per heavy atom. The third-order valence-corrected chi connectivity index (χ3v) is 2.60. The number of benzene rings is 1. The molecular weight excluding hydrogens is 328 g/mol. The summed E-state index contributed by atoms with van der Waals surface area (Å²) in [6.45, 7) is 0. The summed E-state index contributed by atoms with van der Waals surface area (Å²) < 4.78 is 9.14. The van der Waals surface area contributed by atoms with Crippen LogP contribution in [-0.4, -0.2) is 6.54 Å². The van der Waals surface area contributed by atoms with Crippen molar-refractivity contribution < 1.29 is 5.11 Å². The molecular formula is C6H3Br3O. The molecule has 1 aromatic carbocycles. The summed E-state index contributed by atoms with van der Waals surface area (Å²) >= 11 is 9.81. The van der Waals surface area contributed by atoms with Crippen LogP contribution in [0.4, 0.5) is 0 Å². The molecule has 1 nitrogen and oxygen atoms in total. The number of hydrogen-bond acceptors (Lipinski definition) is 1. The quantitative estimate of drug-likeness (QED) is 0.832. The Bertz CT molecular complexity index is 254. The highest BCUT2D eigenvalue weighted by Crippen LogP contribution is 2.34. The standard InChI is InChI=1S/C6H3Br3O/c7-3-1-4(8)6(10)5(9)2-3/h1-2,10H/i/hD. The average Bonchev–Trinajstić information content (AvgIpc) is 1.85. The van der Waals surface area contributed by atoms with E-state index in [2.05, 4.69) is 52.9 Å². The van der Waals surface area contributed by atoms with Crippen LogP contribution in [0.3, 0.4) is 0 Å². The monoisotopic (exact) mass is 329 g/mol. The molecule has 0 heterocycles. The predicted molar refractivity (Wildman–Crippen MR) is 51.2 cm³/mol. The minimum atomic E-state index is 0.480. The van der Waals surface area contributed by atoms with Crippen LogP contribution >= 0.6 is 47.8 Å². The smallest absolute Gasteiger partial charge is 0.293 e. The van der Waals surface area contributed by atoms with E-state index in [1.54, 1.807) is 0 Å². The Labute approximate surface area is 85.3 Å². The van der Waals surface area contributed by atoms with Gasteiger partial charge in [-0.05, 0) is 44.0 Å². The first-order valence-electron chi connectivity index (χ1n) is 2.83. The first-order chi connectivity index (χ1) is 5.15. The molecule has 0 aliphatic carbocycles. The maximum atomic E-state index is 6.72. The van der Waals surface area contributed by atoms with Gasteiger partial charge in [0, 0.05) is 4.47 Å². The van der Waals surface area contributed by atoms with Gasteiger partial charge in [-0.3, -0.25) is 0 Å². The summed E-state index contributed by atoms with van der Waals surface area (Å²) in [5, 5.41) is 4.37. The molecule has 0 spiro atoms. The van der Waals surface area contributed by atoms with Crippen LogP contribution in [0.15, 0.2) is 25.6 Å². The minimum absolute atomic E-state index is 0.480. The first-order valence-corrected chi connectivity index (χ1v) is 4.80. The van der Waals surface area contributed by atoms with Crippen molar-refractivity contribution >= 4 is 47.8 Å². The molecule has 0 aliphatic heterocycles. The fourth-order valence-electron chi connectivity index (χ4n) is 0.529. The Balaban J connectivity index is 3.25. The minimum Gasteiger partial charge on any atom is -0.506 e. The van der Waals surface area contributed by atoms with E-state index in [4.69, 9.17) is 1.43 Å². The lowest BCUT2D eigenvalue weighted by molar-refractivity contribution is 0.468. The second kappa shape index (κ2) is 3.24. The molecule has 0 unspecified atom stereocenters. The van der Waals surface area contributed by atoms with Crippen LogP contribution in [0.25, 0.3) is 0 Å². The summed E-state index contributed by atoms with van der Waals surface area (Å²) in [6, 6.07) is 3.63. The Kier molecular flexibility index (Phi) is 2.31. The second-order valence-electron chi connectivity index (χ2n) is 1.70. The summed E-state index contributed by atoms with van der Waals surface area (Å²) in [7, 11) is 0. The van der Waals surface area contributed by atoms with Crippen LogP contribution < -0.4 is 0 Å². The van der Waals surface area contributed by atoms with Crippen molar-refractivity contribution in [2.45, 2.75) is 0 Å². The van der Waals surface area contributed by atoms with Crippen molar-refractivity contribution in [2.24, 2.45) is 0 Å². The van der Waals surface area contributed by atoms with E-state index >= 15 is 0 Å². The van der Waals surface area contributed by atoms with Gasteiger partial charge in [0.15, 0.2) is 0 Å². The normalized spacial score (nSPS) is 10.9. The Hall–Kier alpha value is 0.460. The van der Waals surface area contributed by atoms with E-state index in [1.165, 1.54) is 0 Å². The van der Waals surface area contributed by atoms with Crippen molar-refractivity contribution in [3.63, 3.8) is 0 Å². The lowest BCUT2D eigenvalue weighted by atomic mass is 10.3. The van der Waals surface area contributed by atoms with Crippen molar-refractivity contribution in [1.82, 2.24) is 0 Å². The first kappa shape index (κ1) is 7.13. The molecule has 1 aromatic rings. The average molecular weight is 332 g/mol. The molecule has 4 heteroatoms. The molecule has 0 fully saturated rings. The molecule has 1 rings (SSSR count). The number of rotatable bonds is 1. The van der Waals surface area contributed by atoms with Crippen LogP contribution in [0.1, 0.15) is 0 Å². The fourth-order valence-corrected chi connectivity index (χ4v) is 2.79. The Morgan fingerprint density at radius 2 is 1.70 bits per heavy atom. The SMILES string of the molecule is [2H]Oc1c(Br)cc(Br)cc1Br. The van der Waals surface area contributed by atoms with E-state index in [1.807, 2.05) is 12.1 Å². The molecule has 0 aliphatic rings.